The van der Waals surface area contributed by atoms with Crippen molar-refractivity contribution in [1.29, 1.82) is 0 Å². The number of methoxy groups -OCH3 is 1. The van der Waals surface area contributed by atoms with E-state index in [4.69, 9.17) is 4.74 Å². The van der Waals surface area contributed by atoms with E-state index in [-0.39, 0.29) is 17.9 Å². The number of hydrogen-bond donors (Lipinski definition) is 2. The van der Waals surface area contributed by atoms with Crippen LogP contribution in [0.4, 0.5) is 14.9 Å². The smallest absolute Gasteiger partial charge is 0.319 e. The molecule has 0 aliphatic heterocycles. The van der Waals surface area contributed by atoms with Crippen LogP contribution in [-0.2, 0) is 4.74 Å². The van der Waals surface area contributed by atoms with Crippen molar-refractivity contribution in [3.8, 4) is 11.1 Å². The van der Waals surface area contributed by atoms with Gasteiger partial charge in [-0.3, -0.25) is 4.98 Å². The van der Waals surface area contributed by atoms with E-state index < -0.39 is 0 Å². The lowest BCUT2D eigenvalue weighted by molar-refractivity contribution is 0.0638. The summed E-state index contributed by atoms with van der Waals surface area (Å²) in [7, 11) is 1.73. The Morgan fingerprint density at radius 1 is 1.15 bits per heavy atom. The van der Waals surface area contributed by atoms with E-state index in [1.807, 2.05) is 25.1 Å². The van der Waals surface area contributed by atoms with Gasteiger partial charge in [0, 0.05) is 30.6 Å². The highest BCUT2D eigenvalue weighted by molar-refractivity contribution is 5.91. The number of urea groups is 1. The van der Waals surface area contributed by atoms with Crippen LogP contribution in [0.1, 0.15) is 31.2 Å². The predicted octanol–water partition coefficient (Wildman–Crippen LogP) is 4.28. The molecule has 138 valence electrons. The topological polar surface area (TPSA) is 63.2 Å². The van der Waals surface area contributed by atoms with Crippen LogP contribution in [0.3, 0.4) is 0 Å². The number of aryl methyl sites for hydroxylation is 1. The molecule has 6 heteroatoms. The molecule has 1 saturated carbocycles. The van der Waals surface area contributed by atoms with Crippen LogP contribution >= 0.6 is 0 Å². The van der Waals surface area contributed by atoms with Crippen molar-refractivity contribution in [2.24, 2.45) is 0 Å². The number of amides is 2. The molecular weight excluding hydrogens is 333 g/mol. The number of rotatable bonds is 4. The number of carbonyl (C=O) groups is 1. The Morgan fingerprint density at radius 2 is 1.92 bits per heavy atom. The van der Waals surface area contributed by atoms with Crippen molar-refractivity contribution in [3.63, 3.8) is 0 Å². The Morgan fingerprint density at radius 3 is 2.62 bits per heavy atom. The molecule has 1 aromatic carbocycles. The molecule has 1 fully saturated rings. The summed E-state index contributed by atoms with van der Waals surface area (Å²) in [6, 6.07) is 7.00. The molecule has 0 spiro atoms. The monoisotopic (exact) mass is 357 g/mol. The second kappa shape index (κ2) is 8.27. The van der Waals surface area contributed by atoms with E-state index in [0.29, 0.717) is 17.4 Å². The van der Waals surface area contributed by atoms with Crippen molar-refractivity contribution >= 4 is 11.7 Å². The fourth-order valence-electron chi connectivity index (χ4n) is 3.29. The van der Waals surface area contributed by atoms with Gasteiger partial charge in [-0.1, -0.05) is 12.1 Å². The summed E-state index contributed by atoms with van der Waals surface area (Å²) in [5.41, 5.74) is 3.12. The summed E-state index contributed by atoms with van der Waals surface area (Å²) < 4.78 is 18.8. The maximum atomic E-state index is 13.4. The van der Waals surface area contributed by atoms with E-state index >= 15 is 0 Å². The van der Waals surface area contributed by atoms with Gasteiger partial charge in [0.1, 0.15) is 5.82 Å². The van der Waals surface area contributed by atoms with Crippen molar-refractivity contribution in [3.05, 3.63) is 48.0 Å². The maximum absolute atomic E-state index is 13.4. The first kappa shape index (κ1) is 18.3. The van der Waals surface area contributed by atoms with Crippen molar-refractivity contribution in [2.75, 3.05) is 12.4 Å². The molecule has 26 heavy (non-hydrogen) atoms. The molecule has 2 N–H and O–H groups in total. The van der Waals surface area contributed by atoms with E-state index in [1.165, 1.54) is 12.3 Å². The molecule has 0 saturated heterocycles. The number of nitrogens with zero attached hydrogens (tertiary/aromatic N) is 1. The minimum Gasteiger partial charge on any atom is -0.381 e. The van der Waals surface area contributed by atoms with E-state index in [9.17, 15) is 9.18 Å². The molecule has 1 aliphatic rings. The largest absolute Gasteiger partial charge is 0.381 e. The van der Waals surface area contributed by atoms with Crippen LogP contribution in [0.15, 0.2) is 36.7 Å². The molecule has 1 aliphatic carbocycles. The van der Waals surface area contributed by atoms with Gasteiger partial charge >= 0.3 is 6.03 Å². The van der Waals surface area contributed by atoms with Gasteiger partial charge in [-0.25, -0.2) is 9.18 Å². The highest BCUT2D eigenvalue weighted by Crippen LogP contribution is 2.26. The lowest BCUT2D eigenvalue weighted by Gasteiger charge is -2.28. The van der Waals surface area contributed by atoms with Gasteiger partial charge in [0.05, 0.1) is 12.3 Å². The van der Waals surface area contributed by atoms with Gasteiger partial charge in [-0.05, 0) is 55.9 Å². The first-order chi connectivity index (χ1) is 12.5. The number of nitrogens with one attached hydrogen (secondary N) is 2. The van der Waals surface area contributed by atoms with Crippen LogP contribution in [0.2, 0.25) is 0 Å². The fourth-order valence-corrected chi connectivity index (χ4v) is 3.29. The molecule has 1 aromatic heterocycles. The molecule has 0 radical (unpaired) electrons. The summed E-state index contributed by atoms with van der Waals surface area (Å²) in [4.78, 5) is 16.2. The SMILES string of the molecule is COC1CCC(NC(=O)Nc2cc(-c3cncc(F)c3)ccc2C)CC1. The van der Waals surface area contributed by atoms with Crippen LogP contribution in [0, 0.1) is 12.7 Å². The molecule has 0 unspecified atom stereocenters. The number of hydrogen-bond acceptors (Lipinski definition) is 3. The molecule has 3 rings (SSSR count). The highest BCUT2D eigenvalue weighted by atomic mass is 19.1. The van der Waals surface area contributed by atoms with Crippen LogP contribution < -0.4 is 10.6 Å². The van der Waals surface area contributed by atoms with Crippen molar-refractivity contribution in [2.45, 2.75) is 44.8 Å². The van der Waals surface area contributed by atoms with E-state index in [0.717, 1.165) is 36.8 Å². The summed E-state index contributed by atoms with van der Waals surface area (Å²) in [5.74, 6) is -0.387. The summed E-state index contributed by atoms with van der Waals surface area (Å²) >= 11 is 0. The second-order valence-electron chi connectivity index (χ2n) is 6.73. The zero-order valence-electron chi connectivity index (χ0n) is 15.1. The molecule has 1 heterocycles. The zero-order valence-corrected chi connectivity index (χ0v) is 15.1. The normalized spacial score (nSPS) is 19.8. The van der Waals surface area contributed by atoms with Crippen molar-refractivity contribution in [1.82, 2.24) is 10.3 Å². The average molecular weight is 357 g/mol. The fraction of sp³-hybridized carbons (Fsp3) is 0.400. The van der Waals surface area contributed by atoms with Crippen LogP contribution in [-0.4, -0.2) is 30.3 Å². The third kappa shape index (κ3) is 4.58. The Kier molecular flexibility index (Phi) is 5.83. The van der Waals surface area contributed by atoms with Gasteiger partial charge in [-0.2, -0.15) is 0 Å². The van der Waals surface area contributed by atoms with Gasteiger partial charge in [-0.15, -0.1) is 0 Å². The van der Waals surface area contributed by atoms with Gasteiger partial charge in [0.15, 0.2) is 0 Å². The second-order valence-corrected chi connectivity index (χ2v) is 6.73. The number of ether oxygens (including phenoxy) is 1. The molecule has 2 aromatic rings. The molecular formula is C20H24FN3O2. The number of aromatic nitrogens is 1. The predicted molar refractivity (Wildman–Crippen MR) is 99.6 cm³/mol. The standard InChI is InChI=1S/C20H24FN3O2/c1-13-3-4-14(15-9-16(21)12-22-11-15)10-19(13)24-20(25)23-17-5-7-18(26-2)8-6-17/h3-4,9-12,17-18H,5-8H2,1-2H3,(H2,23,24,25). The lowest BCUT2D eigenvalue weighted by atomic mass is 9.93. The summed E-state index contributed by atoms with van der Waals surface area (Å²) in [5, 5.41) is 5.94. The molecule has 0 bridgehead atoms. The first-order valence-electron chi connectivity index (χ1n) is 8.87. The number of pyridine rings is 1. The Balaban J connectivity index is 1.65. The number of halogens is 1. The number of carbonyl (C=O) groups excluding carboxylic acids is 1. The Bertz CT molecular complexity index is 773. The van der Waals surface area contributed by atoms with Crippen LogP contribution in [0.25, 0.3) is 11.1 Å². The van der Waals surface area contributed by atoms with E-state index in [2.05, 4.69) is 15.6 Å². The third-order valence-electron chi connectivity index (χ3n) is 4.87. The first-order valence-corrected chi connectivity index (χ1v) is 8.87. The maximum Gasteiger partial charge on any atom is 0.319 e. The number of benzene rings is 1. The zero-order chi connectivity index (χ0) is 18.5. The highest BCUT2D eigenvalue weighted by Gasteiger charge is 2.22. The van der Waals surface area contributed by atoms with Gasteiger partial charge in [0.2, 0.25) is 0 Å². The molecule has 0 atom stereocenters. The van der Waals surface area contributed by atoms with Crippen molar-refractivity contribution < 1.29 is 13.9 Å². The number of anilines is 1. The third-order valence-corrected chi connectivity index (χ3v) is 4.87. The lowest BCUT2D eigenvalue weighted by Crippen LogP contribution is -2.41. The molecule has 5 nitrogen and oxygen atoms in total. The minimum absolute atomic E-state index is 0.164. The Hall–Kier alpha value is -2.47. The summed E-state index contributed by atoms with van der Waals surface area (Å²) in [6.45, 7) is 1.92. The van der Waals surface area contributed by atoms with E-state index in [1.54, 1.807) is 13.3 Å². The van der Waals surface area contributed by atoms with Gasteiger partial charge < -0.3 is 15.4 Å². The Labute approximate surface area is 153 Å². The van der Waals surface area contributed by atoms with Crippen LogP contribution in [0.5, 0.6) is 0 Å². The summed E-state index contributed by atoms with van der Waals surface area (Å²) in [6.07, 6.45) is 6.83. The molecule has 2 amide bonds. The average Bonchev–Trinajstić information content (AvgIpc) is 2.64. The minimum atomic E-state index is -0.387. The quantitative estimate of drug-likeness (QED) is 0.859. The van der Waals surface area contributed by atoms with Gasteiger partial charge in [0.25, 0.3) is 0 Å².